The highest BCUT2D eigenvalue weighted by Gasteiger charge is 2.06. The van der Waals surface area contributed by atoms with Crippen molar-refractivity contribution >= 4 is 0 Å². The van der Waals surface area contributed by atoms with Gasteiger partial charge in [0.1, 0.15) is 0 Å². The number of unbranched alkanes of at least 4 members (excludes halogenated alkanes) is 1. The molecule has 0 saturated carbocycles. The first kappa shape index (κ1) is 14.2. The molecule has 0 unspecified atom stereocenters. The Labute approximate surface area is 74.7 Å². The lowest BCUT2D eigenvalue weighted by molar-refractivity contribution is -0.155. The molecule has 0 aliphatic rings. The molecule has 0 aromatic heterocycles. The van der Waals surface area contributed by atoms with Crippen LogP contribution in [0.5, 0.6) is 0 Å². The maximum absolute atomic E-state index is 8.60. The molecule has 0 rings (SSSR count). The van der Waals surface area contributed by atoms with E-state index in [-0.39, 0.29) is 6.61 Å². The number of hydrogen-bond acceptors (Lipinski definition) is 3. The number of aliphatic hydroxyl groups is 2. The van der Waals surface area contributed by atoms with Crippen LogP contribution in [0.15, 0.2) is 12.7 Å². The lowest BCUT2D eigenvalue weighted by Crippen LogP contribution is -2.20. The van der Waals surface area contributed by atoms with Gasteiger partial charge in [-0.25, -0.2) is 0 Å². The standard InChI is InChI=1S/C5H10O.C4H10O2/c1-2-3-4-5-6;1-4(2,5)6-3/h2,6H,1,3-5H2;5H,1-3H3. The summed E-state index contributed by atoms with van der Waals surface area (Å²) in [7, 11) is 1.46. The lowest BCUT2D eigenvalue weighted by atomic mass is 10.3. The minimum Gasteiger partial charge on any atom is -0.396 e. The number of rotatable bonds is 4. The van der Waals surface area contributed by atoms with Crippen molar-refractivity contribution in [1.29, 1.82) is 0 Å². The second kappa shape index (κ2) is 8.71. The molecule has 0 aromatic carbocycles. The summed E-state index contributed by atoms with van der Waals surface area (Å²) in [4.78, 5) is 0. The molecule has 0 heterocycles. The van der Waals surface area contributed by atoms with Crippen molar-refractivity contribution in [1.82, 2.24) is 0 Å². The zero-order chi connectivity index (χ0) is 10.0. The summed E-state index contributed by atoms with van der Waals surface area (Å²) in [5.74, 6) is -0.958. The minimum atomic E-state index is -0.958. The van der Waals surface area contributed by atoms with Crippen molar-refractivity contribution < 1.29 is 14.9 Å². The van der Waals surface area contributed by atoms with Gasteiger partial charge in [0.25, 0.3) is 0 Å². The molecule has 0 saturated heterocycles. The van der Waals surface area contributed by atoms with Crippen LogP contribution < -0.4 is 0 Å². The predicted octanol–water partition coefficient (Wildman–Crippen LogP) is 1.31. The average molecular weight is 176 g/mol. The van der Waals surface area contributed by atoms with E-state index < -0.39 is 5.79 Å². The highest BCUT2D eigenvalue weighted by atomic mass is 16.6. The van der Waals surface area contributed by atoms with Crippen LogP contribution in [0.2, 0.25) is 0 Å². The van der Waals surface area contributed by atoms with Crippen LogP contribution in [0, 0.1) is 0 Å². The highest BCUT2D eigenvalue weighted by Crippen LogP contribution is 1.97. The van der Waals surface area contributed by atoms with Crippen LogP contribution in [0.4, 0.5) is 0 Å². The van der Waals surface area contributed by atoms with Gasteiger partial charge in [-0.1, -0.05) is 6.08 Å². The topological polar surface area (TPSA) is 49.7 Å². The first-order valence-electron chi connectivity index (χ1n) is 3.97. The van der Waals surface area contributed by atoms with Crippen molar-refractivity contribution in [3.8, 4) is 0 Å². The van der Waals surface area contributed by atoms with Crippen molar-refractivity contribution in [2.24, 2.45) is 0 Å². The van der Waals surface area contributed by atoms with Crippen LogP contribution in [0.25, 0.3) is 0 Å². The van der Waals surface area contributed by atoms with Crippen LogP contribution in [0.3, 0.4) is 0 Å². The number of aliphatic hydroxyl groups excluding tert-OH is 1. The maximum Gasteiger partial charge on any atom is 0.159 e. The molecule has 3 heteroatoms. The van der Waals surface area contributed by atoms with E-state index in [0.717, 1.165) is 12.8 Å². The maximum atomic E-state index is 8.60. The summed E-state index contributed by atoms with van der Waals surface area (Å²) < 4.78 is 4.49. The van der Waals surface area contributed by atoms with Crippen LogP contribution in [0.1, 0.15) is 26.7 Å². The quantitative estimate of drug-likeness (QED) is 0.386. The number of hydrogen-bond donors (Lipinski definition) is 2. The predicted molar refractivity (Wildman–Crippen MR) is 49.8 cm³/mol. The van der Waals surface area contributed by atoms with Gasteiger partial charge in [0.2, 0.25) is 0 Å². The fraction of sp³-hybridized carbons (Fsp3) is 0.778. The van der Waals surface area contributed by atoms with Crippen molar-refractivity contribution in [2.45, 2.75) is 32.5 Å². The van der Waals surface area contributed by atoms with E-state index in [1.807, 2.05) is 0 Å². The smallest absolute Gasteiger partial charge is 0.159 e. The second-order valence-corrected chi connectivity index (χ2v) is 2.81. The van der Waals surface area contributed by atoms with E-state index in [0.29, 0.717) is 0 Å². The third kappa shape index (κ3) is 22.6. The Bertz CT molecular complexity index is 94.4. The average Bonchev–Trinajstić information content (AvgIpc) is 2.01. The van der Waals surface area contributed by atoms with E-state index in [4.69, 9.17) is 10.2 Å². The molecule has 0 aliphatic heterocycles. The van der Waals surface area contributed by atoms with Crippen molar-refractivity contribution in [3.63, 3.8) is 0 Å². The van der Waals surface area contributed by atoms with Crippen LogP contribution in [-0.2, 0) is 4.74 Å². The molecule has 0 radical (unpaired) electrons. The molecule has 74 valence electrons. The van der Waals surface area contributed by atoms with E-state index in [1.54, 1.807) is 19.9 Å². The molecule has 2 N–H and O–H groups in total. The van der Waals surface area contributed by atoms with Gasteiger partial charge in [-0.3, -0.25) is 0 Å². The summed E-state index contributed by atoms with van der Waals surface area (Å²) in [6.45, 7) is 6.92. The molecule has 3 nitrogen and oxygen atoms in total. The summed E-state index contributed by atoms with van der Waals surface area (Å²) in [5.41, 5.74) is 0. The van der Waals surface area contributed by atoms with Gasteiger partial charge in [-0.2, -0.15) is 0 Å². The molecule has 12 heavy (non-hydrogen) atoms. The molecule has 0 fully saturated rings. The molecule has 0 aromatic rings. The second-order valence-electron chi connectivity index (χ2n) is 2.81. The fourth-order valence-electron chi connectivity index (χ4n) is 0.236. The van der Waals surface area contributed by atoms with Crippen LogP contribution in [-0.4, -0.2) is 29.7 Å². The first-order valence-corrected chi connectivity index (χ1v) is 3.97. The number of allylic oxidation sites excluding steroid dienone is 1. The lowest BCUT2D eigenvalue weighted by Gasteiger charge is -2.12. The fourth-order valence-corrected chi connectivity index (χ4v) is 0.236. The minimum absolute atomic E-state index is 0.284. The Morgan fingerprint density at radius 2 is 1.92 bits per heavy atom. The van der Waals surface area contributed by atoms with Gasteiger partial charge in [0.05, 0.1) is 0 Å². The Morgan fingerprint density at radius 3 is 2.00 bits per heavy atom. The zero-order valence-electron chi connectivity index (χ0n) is 8.21. The Morgan fingerprint density at radius 1 is 1.50 bits per heavy atom. The van der Waals surface area contributed by atoms with E-state index >= 15 is 0 Å². The van der Waals surface area contributed by atoms with E-state index in [1.165, 1.54) is 7.11 Å². The summed E-state index contributed by atoms with van der Waals surface area (Å²) >= 11 is 0. The Hall–Kier alpha value is -0.380. The molecule has 0 amide bonds. The van der Waals surface area contributed by atoms with Crippen LogP contribution >= 0.6 is 0 Å². The first-order chi connectivity index (χ1) is 5.47. The monoisotopic (exact) mass is 176 g/mol. The van der Waals surface area contributed by atoms with Gasteiger partial charge < -0.3 is 14.9 Å². The third-order valence-corrected chi connectivity index (χ3v) is 1.07. The van der Waals surface area contributed by atoms with E-state index in [2.05, 4.69) is 11.3 Å². The molecule has 0 atom stereocenters. The van der Waals surface area contributed by atoms with Gasteiger partial charge in [0, 0.05) is 13.7 Å². The van der Waals surface area contributed by atoms with Gasteiger partial charge in [-0.15, -0.1) is 6.58 Å². The van der Waals surface area contributed by atoms with Crippen molar-refractivity contribution in [2.75, 3.05) is 13.7 Å². The largest absolute Gasteiger partial charge is 0.396 e. The summed E-state index contributed by atoms with van der Waals surface area (Å²) in [6.07, 6.45) is 3.58. The SMILES string of the molecule is C=CCCCO.COC(C)(C)O. The molecule has 0 spiro atoms. The Kier molecular flexibility index (Phi) is 10.3. The molecule has 0 bridgehead atoms. The van der Waals surface area contributed by atoms with E-state index in [9.17, 15) is 0 Å². The summed E-state index contributed by atoms with van der Waals surface area (Å²) in [6, 6.07) is 0. The van der Waals surface area contributed by atoms with Gasteiger partial charge >= 0.3 is 0 Å². The third-order valence-electron chi connectivity index (χ3n) is 1.07. The van der Waals surface area contributed by atoms with Gasteiger partial charge in [0.15, 0.2) is 5.79 Å². The zero-order valence-corrected chi connectivity index (χ0v) is 8.21. The highest BCUT2D eigenvalue weighted by molar-refractivity contribution is 4.64. The van der Waals surface area contributed by atoms with Gasteiger partial charge in [-0.05, 0) is 26.7 Å². The normalized spacial score (nSPS) is 10.1. The molecular formula is C9H20O3. The molecular weight excluding hydrogens is 156 g/mol. The number of ether oxygens (including phenoxy) is 1. The number of methoxy groups -OCH3 is 1. The Balaban J connectivity index is 0. The van der Waals surface area contributed by atoms with Crippen molar-refractivity contribution in [3.05, 3.63) is 12.7 Å². The summed E-state index contributed by atoms with van der Waals surface area (Å²) in [5, 5.41) is 16.8. The molecule has 0 aliphatic carbocycles.